The Kier molecular flexibility index (Phi) is 3.29. The Morgan fingerprint density at radius 1 is 1.16 bits per heavy atom. The summed E-state index contributed by atoms with van der Waals surface area (Å²) in [6.45, 7) is 2.19. The Balaban J connectivity index is 1.45. The number of nitrogens with one attached hydrogen (secondary N) is 3. The van der Waals surface area contributed by atoms with Gasteiger partial charge in [-0.25, -0.2) is 0 Å². The number of carbonyl (C=O) groups is 2. The molecule has 6 heteroatoms. The molecule has 1 unspecified atom stereocenters. The summed E-state index contributed by atoms with van der Waals surface area (Å²) in [4.78, 5) is 28.5. The minimum atomic E-state index is -0.204. The van der Waals surface area contributed by atoms with E-state index in [0.29, 0.717) is 25.0 Å². The number of amides is 2. The Hall–Kier alpha value is -2.44. The Morgan fingerprint density at radius 2 is 2.00 bits per heavy atom. The van der Waals surface area contributed by atoms with Crippen molar-refractivity contribution in [2.75, 3.05) is 26.2 Å². The molecule has 3 heterocycles. The topological polar surface area (TPSA) is 77.2 Å². The zero-order valence-corrected chi connectivity index (χ0v) is 13.8. The molecule has 2 atom stereocenters. The highest BCUT2D eigenvalue weighted by Gasteiger charge is 2.31. The molecule has 128 valence electrons. The Bertz CT molecular complexity index is 897. The highest BCUT2D eigenvalue weighted by Crippen LogP contribution is 2.38. The molecule has 1 saturated heterocycles. The van der Waals surface area contributed by atoms with E-state index in [2.05, 4.69) is 46.1 Å². The number of hydrogen-bond acceptors (Lipinski definition) is 4. The van der Waals surface area contributed by atoms with Crippen LogP contribution in [0.15, 0.2) is 30.5 Å². The first-order valence-corrected chi connectivity index (χ1v) is 8.77. The van der Waals surface area contributed by atoms with Crippen LogP contribution in [0.1, 0.15) is 11.1 Å². The molecule has 3 N–H and O–H groups in total. The van der Waals surface area contributed by atoms with Gasteiger partial charge in [0.05, 0.1) is 13.1 Å². The number of piperazine rings is 1. The molecule has 1 aliphatic carbocycles. The van der Waals surface area contributed by atoms with Gasteiger partial charge in [-0.15, -0.1) is 0 Å². The summed E-state index contributed by atoms with van der Waals surface area (Å²) in [5.74, 6) is -0.115. The van der Waals surface area contributed by atoms with Gasteiger partial charge in [0, 0.05) is 42.1 Å². The second-order valence-corrected chi connectivity index (χ2v) is 7.23. The summed E-state index contributed by atoms with van der Waals surface area (Å²) in [6, 6.07) is 6.75. The normalized spacial score (nSPS) is 26.3. The highest BCUT2D eigenvalue weighted by molar-refractivity contribution is 5.99. The minimum Gasteiger partial charge on any atom is -0.361 e. The number of aromatic nitrogens is 1. The molecule has 5 rings (SSSR count). The Morgan fingerprint density at radius 3 is 2.84 bits per heavy atom. The quantitative estimate of drug-likeness (QED) is 0.704. The maximum absolute atomic E-state index is 11.6. The van der Waals surface area contributed by atoms with Crippen molar-refractivity contribution in [3.8, 4) is 0 Å². The van der Waals surface area contributed by atoms with Gasteiger partial charge in [0.25, 0.3) is 0 Å². The lowest BCUT2D eigenvalue weighted by Gasteiger charge is -2.36. The van der Waals surface area contributed by atoms with Crippen LogP contribution in [0.2, 0.25) is 0 Å². The van der Waals surface area contributed by atoms with Crippen LogP contribution in [-0.2, 0) is 16.0 Å². The number of nitrogens with zero attached hydrogens (tertiary/aromatic N) is 1. The molecule has 0 bridgehead atoms. The van der Waals surface area contributed by atoms with Gasteiger partial charge in [-0.2, -0.15) is 0 Å². The van der Waals surface area contributed by atoms with Crippen molar-refractivity contribution < 1.29 is 9.59 Å². The first-order valence-electron chi connectivity index (χ1n) is 8.77. The number of aromatic amines is 1. The number of carbonyl (C=O) groups excluding carboxylic acids is 2. The van der Waals surface area contributed by atoms with Crippen LogP contribution < -0.4 is 10.6 Å². The van der Waals surface area contributed by atoms with Crippen molar-refractivity contribution >= 4 is 28.3 Å². The number of rotatable bonds is 2. The number of benzene rings is 1. The molecule has 25 heavy (non-hydrogen) atoms. The predicted octanol–water partition coefficient (Wildman–Crippen LogP) is 0.654. The van der Waals surface area contributed by atoms with E-state index >= 15 is 0 Å². The van der Waals surface area contributed by atoms with Gasteiger partial charge in [-0.05, 0) is 29.2 Å². The standard InChI is InChI=1S/C19H20N4O2/c24-17-9-23(10-18(25)22-17)8-11-4-14-13-2-1-3-15-19(13)12(7-21-15)5-16(14)20-6-11/h1-4,7,11,16,20-21H,5-6,8-10H2,(H,22,24,25)/t11?,16-/m1/s1. The van der Waals surface area contributed by atoms with E-state index < -0.39 is 0 Å². The molecule has 0 radical (unpaired) electrons. The molecule has 2 aliphatic heterocycles. The fourth-order valence-corrected chi connectivity index (χ4v) is 4.44. The molecule has 6 nitrogen and oxygen atoms in total. The van der Waals surface area contributed by atoms with Crippen molar-refractivity contribution in [1.82, 2.24) is 20.5 Å². The van der Waals surface area contributed by atoms with E-state index in [9.17, 15) is 9.59 Å². The van der Waals surface area contributed by atoms with Crippen LogP contribution in [0.4, 0.5) is 0 Å². The van der Waals surface area contributed by atoms with E-state index in [0.717, 1.165) is 19.5 Å². The maximum Gasteiger partial charge on any atom is 0.240 e. The lowest BCUT2D eigenvalue weighted by Crippen LogP contribution is -2.53. The van der Waals surface area contributed by atoms with Crippen LogP contribution in [0.5, 0.6) is 0 Å². The highest BCUT2D eigenvalue weighted by atomic mass is 16.2. The van der Waals surface area contributed by atoms with Gasteiger partial charge < -0.3 is 10.3 Å². The van der Waals surface area contributed by atoms with E-state index in [1.807, 2.05) is 4.90 Å². The number of hydrogen-bond donors (Lipinski definition) is 3. The predicted molar refractivity (Wildman–Crippen MR) is 94.9 cm³/mol. The Labute approximate surface area is 145 Å². The fraction of sp³-hybridized carbons (Fsp3) is 0.368. The zero-order valence-electron chi connectivity index (χ0n) is 13.8. The maximum atomic E-state index is 11.6. The van der Waals surface area contributed by atoms with Crippen LogP contribution in [0.3, 0.4) is 0 Å². The van der Waals surface area contributed by atoms with Crippen molar-refractivity contribution in [3.63, 3.8) is 0 Å². The summed E-state index contributed by atoms with van der Waals surface area (Å²) >= 11 is 0. The third-order valence-corrected chi connectivity index (χ3v) is 5.45. The van der Waals surface area contributed by atoms with Gasteiger partial charge in [0.15, 0.2) is 0 Å². The zero-order chi connectivity index (χ0) is 17.0. The molecule has 1 fully saturated rings. The van der Waals surface area contributed by atoms with E-state index in [1.165, 1.54) is 27.6 Å². The second-order valence-electron chi connectivity index (χ2n) is 7.23. The SMILES string of the molecule is O=C1CN(CC2C=C3c4cccc5[nH]cc(c45)C[C@H]3NC2)CC(=O)N1. The molecule has 2 amide bonds. The second kappa shape index (κ2) is 5.54. The third-order valence-electron chi connectivity index (χ3n) is 5.45. The van der Waals surface area contributed by atoms with E-state index in [-0.39, 0.29) is 11.8 Å². The fourth-order valence-electron chi connectivity index (χ4n) is 4.44. The van der Waals surface area contributed by atoms with Crippen LogP contribution in [0.25, 0.3) is 16.5 Å². The first-order chi connectivity index (χ1) is 12.2. The average molecular weight is 336 g/mol. The minimum absolute atomic E-state index is 0.204. The van der Waals surface area contributed by atoms with E-state index in [4.69, 9.17) is 0 Å². The lowest BCUT2D eigenvalue weighted by atomic mass is 9.81. The van der Waals surface area contributed by atoms with Crippen molar-refractivity contribution in [3.05, 3.63) is 41.6 Å². The van der Waals surface area contributed by atoms with Crippen molar-refractivity contribution in [2.45, 2.75) is 12.5 Å². The van der Waals surface area contributed by atoms with Crippen LogP contribution in [-0.4, -0.2) is 53.9 Å². The molecule has 1 aromatic carbocycles. The van der Waals surface area contributed by atoms with Crippen molar-refractivity contribution in [2.24, 2.45) is 5.92 Å². The third kappa shape index (κ3) is 2.49. The van der Waals surface area contributed by atoms with E-state index in [1.54, 1.807) is 0 Å². The summed E-state index contributed by atoms with van der Waals surface area (Å²) in [6.07, 6.45) is 5.47. The van der Waals surface area contributed by atoms with Gasteiger partial charge in [0.1, 0.15) is 0 Å². The average Bonchev–Trinajstić information content (AvgIpc) is 2.99. The van der Waals surface area contributed by atoms with Crippen LogP contribution >= 0.6 is 0 Å². The summed E-state index contributed by atoms with van der Waals surface area (Å²) in [7, 11) is 0. The molecular weight excluding hydrogens is 316 g/mol. The molecule has 1 aromatic heterocycles. The summed E-state index contributed by atoms with van der Waals surface area (Å²) in [5.41, 5.74) is 5.21. The molecule has 2 aromatic rings. The van der Waals surface area contributed by atoms with Crippen LogP contribution in [0, 0.1) is 5.92 Å². The molecule has 0 spiro atoms. The number of fused-ring (bicyclic) bond motifs is 2. The molecular formula is C19H20N4O2. The van der Waals surface area contributed by atoms with Gasteiger partial charge in [-0.1, -0.05) is 18.2 Å². The number of imide groups is 1. The van der Waals surface area contributed by atoms with Crippen molar-refractivity contribution in [1.29, 1.82) is 0 Å². The largest absolute Gasteiger partial charge is 0.361 e. The molecule has 3 aliphatic rings. The summed E-state index contributed by atoms with van der Waals surface area (Å²) < 4.78 is 0. The molecule has 0 saturated carbocycles. The smallest absolute Gasteiger partial charge is 0.240 e. The first kappa shape index (κ1) is 14.9. The number of H-pyrrole nitrogens is 1. The monoisotopic (exact) mass is 336 g/mol. The van der Waals surface area contributed by atoms with Gasteiger partial charge in [0.2, 0.25) is 11.8 Å². The van der Waals surface area contributed by atoms with Gasteiger partial charge >= 0.3 is 0 Å². The lowest BCUT2D eigenvalue weighted by molar-refractivity contribution is -0.136. The summed E-state index contributed by atoms with van der Waals surface area (Å²) in [5, 5.41) is 7.35. The van der Waals surface area contributed by atoms with Gasteiger partial charge in [-0.3, -0.25) is 19.8 Å².